The van der Waals surface area contributed by atoms with E-state index in [1.165, 1.54) is 0 Å². The first kappa shape index (κ1) is 18.8. The number of pyridine rings is 1. The topological polar surface area (TPSA) is 88.8 Å². The molecule has 1 atom stereocenters. The zero-order chi connectivity index (χ0) is 20.2. The van der Waals surface area contributed by atoms with Crippen LogP contribution in [0.2, 0.25) is 0 Å². The van der Waals surface area contributed by atoms with Crippen molar-refractivity contribution in [2.75, 3.05) is 11.9 Å². The number of likely N-dealkylation sites (tertiary alicyclic amines) is 1. The predicted molar refractivity (Wildman–Crippen MR) is 110 cm³/mol. The second-order valence-electron chi connectivity index (χ2n) is 6.97. The molecule has 8 nitrogen and oxygen atoms in total. The minimum absolute atomic E-state index is 0.0239. The zero-order valence-electron chi connectivity index (χ0n) is 16.5. The molecule has 29 heavy (non-hydrogen) atoms. The van der Waals surface area contributed by atoms with Gasteiger partial charge >= 0.3 is 0 Å². The summed E-state index contributed by atoms with van der Waals surface area (Å²) in [5, 5.41) is 7.33. The standard InChI is InChI=1S/C21H23N7O/c1-15-24-17(14-20(25-15)26-19-7-3-4-11-22-19)18-6-5-13-28(18)21(29)9-8-16-10-12-23-27(16)2/h3-4,7-12,14,18H,5-6,13H2,1-2H3,(H,22,24,25,26)/b9-8+/t18-/m1/s1. The van der Waals surface area contributed by atoms with E-state index >= 15 is 0 Å². The van der Waals surface area contributed by atoms with Crippen LogP contribution < -0.4 is 5.32 Å². The Kier molecular flexibility index (Phi) is 5.33. The number of hydrogen-bond acceptors (Lipinski definition) is 6. The minimum Gasteiger partial charge on any atom is -0.331 e. The summed E-state index contributed by atoms with van der Waals surface area (Å²) in [7, 11) is 1.85. The summed E-state index contributed by atoms with van der Waals surface area (Å²) in [4.78, 5) is 28.1. The lowest BCUT2D eigenvalue weighted by atomic mass is 10.1. The summed E-state index contributed by atoms with van der Waals surface area (Å²) in [5.41, 5.74) is 1.73. The summed E-state index contributed by atoms with van der Waals surface area (Å²) in [6, 6.07) is 9.37. The summed E-state index contributed by atoms with van der Waals surface area (Å²) < 4.78 is 1.73. The van der Waals surface area contributed by atoms with E-state index in [2.05, 4.69) is 25.4 Å². The average Bonchev–Trinajstić information content (AvgIpc) is 3.35. The lowest BCUT2D eigenvalue weighted by Crippen LogP contribution is -2.29. The summed E-state index contributed by atoms with van der Waals surface area (Å²) in [6.45, 7) is 2.57. The van der Waals surface area contributed by atoms with Crippen molar-refractivity contribution in [3.63, 3.8) is 0 Å². The van der Waals surface area contributed by atoms with E-state index in [0.29, 0.717) is 18.2 Å². The van der Waals surface area contributed by atoms with Crippen LogP contribution in [0.15, 0.2) is 48.8 Å². The quantitative estimate of drug-likeness (QED) is 0.675. The number of hydrogen-bond donors (Lipinski definition) is 1. The molecule has 148 valence electrons. The Bertz CT molecular complexity index is 1030. The monoisotopic (exact) mass is 389 g/mol. The number of nitrogens with one attached hydrogen (secondary N) is 1. The van der Waals surface area contributed by atoms with Gasteiger partial charge in [-0.25, -0.2) is 15.0 Å². The molecule has 3 aromatic rings. The smallest absolute Gasteiger partial charge is 0.247 e. The predicted octanol–water partition coefficient (Wildman–Crippen LogP) is 3.03. The van der Waals surface area contributed by atoms with Crippen molar-refractivity contribution in [1.82, 2.24) is 29.6 Å². The highest BCUT2D eigenvalue weighted by Gasteiger charge is 2.30. The number of carbonyl (C=O) groups excluding carboxylic acids is 1. The van der Waals surface area contributed by atoms with Gasteiger partial charge in [0.25, 0.3) is 0 Å². The van der Waals surface area contributed by atoms with Crippen LogP contribution in [0.3, 0.4) is 0 Å². The summed E-state index contributed by atoms with van der Waals surface area (Å²) >= 11 is 0. The Morgan fingerprint density at radius 2 is 2.10 bits per heavy atom. The molecule has 1 aliphatic heterocycles. The molecular weight excluding hydrogens is 366 g/mol. The molecule has 1 N–H and O–H groups in total. The van der Waals surface area contributed by atoms with Crippen molar-refractivity contribution in [2.24, 2.45) is 7.05 Å². The Balaban J connectivity index is 1.54. The van der Waals surface area contributed by atoms with Gasteiger partial charge in [-0.2, -0.15) is 5.10 Å². The van der Waals surface area contributed by atoms with E-state index in [0.717, 1.165) is 30.0 Å². The van der Waals surface area contributed by atoms with Gasteiger partial charge in [0.15, 0.2) is 0 Å². The summed E-state index contributed by atoms with van der Waals surface area (Å²) in [5.74, 6) is 2.03. The number of aryl methyl sites for hydroxylation is 2. The molecule has 3 aromatic heterocycles. The van der Waals surface area contributed by atoms with E-state index in [1.807, 2.05) is 49.2 Å². The molecule has 4 rings (SSSR count). The molecule has 1 aliphatic rings. The molecule has 0 radical (unpaired) electrons. The molecule has 0 aromatic carbocycles. The maximum atomic E-state index is 12.8. The third-order valence-corrected chi connectivity index (χ3v) is 4.91. The average molecular weight is 389 g/mol. The maximum Gasteiger partial charge on any atom is 0.247 e. The van der Waals surface area contributed by atoms with E-state index in [4.69, 9.17) is 0 Å². The second kappa shape index (κ2) is 8.22. The lowest BCUT2D eigenvalue weighted by molar-refractivity contribution is -0.126. The molecule has 1 fully saturated rings. The van der Waals surface area contributed by atoms with Crippen LogP contribution in [0.5, 0.6) is 0 Å². The van der Waals surface area contributed by atoms with Crippen molar-refractivity contribution in [2.45, 2.75) is 25.8 Å². The fourth-order valence-corrected chi connectivity index (χ4v) is 3.53. The molecule has 0 spiro atoms. The van der Waals surface area contributed by atoms with Gasteiger partial charge in [-0.15, -0.1) is 0 Å². The summed E-state index contributed by atoms with van der Waals surface area (Å²) in [6.07, 6.45) is 8.67. The van der Waals surface area contributed by atoms with Crippen LogP contribution in [0, 0.1) is 6.92 Å². The van der Waals surface area contributed by atoms with Crippen LogP contribution in [-0.2, 0) is 11.8 Å². The lowest BCUT2D eigenvalue weighted by Gasteiger charge is -2.23. The molecular formula is C21H23N7O. The normalized spacial score (nSPS) is 16.5. The third kappa shape index (κ3) is 4.31. The van der Waals surface area contributed by atoms with E-state index in [-0.39, 0.29) is 11.9 Å². The van der Waals surface area contributed by atoms with E-state index < -0.39 is 0 Å². The van der Waals surface area contributed by atoms with Gasteiger partial charge in [-0.1, -0.05) is 6.07 Å². The molecule has 4 heterocycles. The van der Waals surface area contributed by atoms with Crippen molar-refractivity contribution in [3.8, 4) is 0 Å². The second-order valence-corrected chi connectivity index (χ2v) is 6.97. The van der Waals surface area contributed by atoms with Gasteiger partial charge < -0.3 is 10.2 Å². The van der Waals surface area contributed by atoms with Gasteiger partial charge in [0, 0.05) is 38.1 Å². The molecule has 0 bridgehead atoms. The Hall–Kier alpha value is -3.55. The number of carbonyl (C=O) groups is 1. The van der Waals surface area contributed by atoms with Gasteiger partial charge in [-0.05, 0) is 44.0 Å². The largest absolute Gasteiger partial charge is 0.331 e. The van der Waals surface area contributed by atoms with Crippen LogP contribution in [0.4, 0.5) is 11.6 Å². The van der Waals surface area contributed by atoms with Crippen LogP contribution in [0.25, 0.3) is 6.08 Å². The van der Waals surface area contributed by atoms with Crippen molar-refractivity contribution in [3.05, 3.63) is 66.0 Å². The highest BCUT2D eigenvalue weighted by Crippen LogP contribution is 2.32. The molecule has 0 aliphatic carbocycles. The molecule has 8 heteroatoms. The van der Waals surface area contributed by atoms with Crippen LogP contribution >= 0.6 is 0 Å². The Labute approximate surface area is 169 Å². The highest BCUT2D eigenvalue weighted by molar-refractivity contribution is 5.92. The fourth-order valence-electron chi connectivity index (χ4n) is 3.53. The van der Waals surface area contributed by atoms with Gasteiger partial charge in [0.2, 0.25) is 5.91 Å². The first-order valence-electron chi connectivity index (χ1n) is 9.60. The molecule has 1 saturated heterocycles. The number of amides is 1. The van der Waals surface area contributed by atoms with E-state index in [1.54, 1.807) is 29.2 Å². The molecule has 0 saturated carbocycles. The van der Waals surface area contributed by atoms with Crippen molar-refractivity contribution < 1.29 is 4.79 Å². The SMILES string of the molecule is Cc1nc(Nc2ccccn2)cc([C@H]2CCCN2C(=O)/C=C/c2ccnn2C)n1. The molecule has 1 amide bonds. The zero-order valence-corrected chi connectivity index (χ0v) is 16.5. The van der Waals surface area contributed by atoms with Crippen LogP contribution in [-0.4, -0.2) is 42.1 Å². The van der Waals surface area contributed by atoms with Gasteiger partial charge in [-0.3, -0.25) is 9.48 Å². The first-order chi connectivity index (χ1) is 14.1. The van der Waals surface area contributed by atoms with Crippen LogP contribution in [0.1, 0.15) is 36.1 Å². The first-order valence-corrected chi connectivity index (χ1v) is 9.60. The Morgan fingerprint density at radius 3 is 2.86 bits per heavy atom. The van der Waals surface area contributed by atoms with Crippen molar-refractivity contribution in [1.29, 1.82) is 0 Å². The Morgan fingerprint density at radius 1 is 1.21 bits per heavy atom. The minimum atomic E-state index is -0.0651. The highest BCUT2D eigenvalue weighted by atomic mass is 16.2. The van der Waals surface area contributed by atoms with Gasteiger partial charge in [0.1, 0.15) is 17.5 Å². The molecule has 0 unspecified atom stereocenters. The van der Waals surface area contributed by atoms with E-state index in [9.17, 15) is 4.79 Å². The van der Waals surface area contributed by atoms with Gasteiger partial charge in [0.05, 0.1) is 17.4 Å². The number of nitrogens with zero attached hydrogens (tertiary/aromatic N) is 6. The fraction of sp³-hybridized carbons (Fsp3) is 0.286. The number of anilines is 2. The van der Waals surface area contributed by atoms with Crippen molar-refractivity contribution >= 4 is 23.6 Å². The maximum absolute atomic E-state index is 12.8. The number of aromatic nitrogens is 5. The number of rotatable bonds is 5. The third-order valence-electron chi connectivity index (χ3n) is 4.91.